The smallest absolute Gasteiger partial charge is 0.296 e. The topological polar surface area (TPSA) is 123 Å². The van der Waals surface area contributed by atoms with Crippen molar-refractivity contribution in [2.24, 2.45) is 4.99 Å². The van der Waals surface area contributed by atoms with Crippen LogP contribution in [0, 0.1) is 10.1 Å². The SMILES string of the molecule is COCC(C)N1C(=O)C(CC(=O)Nc2ccc(OC)cc2[N+](=O)[O-])SC1=Nc1ccccc1. The zero-order valence-corrected chi connectivity index (χ0v) is 19.2. The number of ether oxygens (including phenoxy) is 2. The predicted octanol–water partition coefficient (Wildman–Crippen LogP) is 3.60. The highest BCUT2D eigenvalue weighted by molar-refractivity contribution is 8.15. The Hall–Kier alpha value is -3.44. The van der Waals surface area contributed by atoms with E-state index < -0.39 is 16.1 Å². The molecule has 3 rings (SSSR count). The minimum absolute atomic E-state index is 0.0315. The van der Waals surface area contributed by atoms with E-state index >= 15 is 0 Å². The number of aliphatic imine (C=N–C) groups is 1. The molecule has 2 unspecified atom stereocenters. The zero-order chi connectivity index (χ0) is 24.0. The Morgan fingerprint density at radius 3 is 2.64 bits per heavy atom. The van der Waals surface area contributed by atoms with Crippen molar-refractivity contribution in [1.29, 1.82) is 0 Å². The van der Waals surface area contributed by atoms with Crippen molar-refractivity contribution in [3.8, 4) is 5.75 Å². The number of anilines is 1. The second kappa shape index (κ2) is 10.9. The van der Waals surface area contributed by atoms with Crippen molar-refractivity contribution in [2.75, 3.05) is 26.1 Å². The molecule has 0 radical (unpaired) electrons. The minimum Gasteiger partial charge on any atom is -0.496 e. The van der Waals surface area contributed by atoms with E-state index in [1.165, 1.54) is 42.0 Å². The first-order chi connectivity index (χ1) is 15.8. The quantitative estimate of drug-likeness (QED) is 0.437. The molecule has 0 bridgehead atoms. The van der Waals surface area contributed by atoms with Gasteiger partial charge in [0.2, 0.25) is 11.8 Å². The van der Waals surface area contributed by atoms with Crippen LogP contribution in [-0.4, -0.2) is 58.9 Å². The molecule has 11 heteroatoms. The third-order valence-electron chi connectivity index (χ3n) is 4.84. The monoisotopic (exact) mass is 472 g/mol. The van der Waals surface area contributed by atoms with Crippen LogP contribution >= 0.6 is 11.8 Å². The van der Waals surface area contributed by atoms with E-state index in [4.69, 9.17) is 9.47 Å². The number of carbonyl (C=O) groups is 2. The molecule has 0 aliphatic carbocycles. The summed E-state index contributed by atoms with van der Waals surface area (Å²) in [4.78, 5) is 42.7. The lowest BCUT2D eigenvalue weighted by molar-refractivity contribution is -0.384. The van der Waals surface area contributed by atoms with E-state index in [0.717, 1.165) is 0 Å². The molecule has 1 fully saturated rings. The van der Waals surface area contributed by atoms with Crippen molar-refractivity contribution in [2.45, 2.75) is 24.6 Å². The molecule has 1 saturated heterocycles. The van der Waals surface area contributed by atoms with Gasteiger partial charge in [0.15, 0.2) is 5.17 Å². The van der Waals surface area contributed by atoms with Gasteiger partial charge in [-0.3, -0.25) is 24.6 Å². The molecule has 1 N–H and O–H groups in total. The lowest BCUT2D eigenvalue weighted by atomic mass is 10.2. The fourth-order valence-corrected chi connectivity index (χ4v) is 4.54. The van der Waals surface area contributed by atoms with Gasteiger partial charge in [0.05, 0.1) is 36.4 Å². The highest BCUT2D eigenvalue weighted by atomic mass is 32.2. The highest BCUT2D eigenvalue weighted by Crippen LogP contribution is 2.34. The number of nitro benzene ring substituents is 1. The number of para-hydroxylation sites is 1. The lowest BCUT2D eigenvalue weighted by Crippen LogP contribution is -2.42. The molecule has 33 heavy (non-hydrogen) atoms. The molecule has 2 aromatic rings. The fourth-order valence-electron chi connectivity index (χ4n) is 3.29. The predicted molar refractivity (Wildman–Crippen MR) is 126 cm³/mol. The Morgan fingerprint density at radius 2 is 2.00 bits per heavy atom. The van der Waals surface area contributed by atoms with Crippen LogP contribution < -0.4 is 10.1 Å². The number of nitro groups is 1. The molecule has 1 heterocycles. The van der Waals surface area contributed by atoms with Gasteiger partial charge in [-0.15, -0.1) is 0 Å². The van der Waals surface area contributed by atoms with Crippen LogP contribution in [0.4, 0.5) is 17.1 Å². The van der Waals surface area contributed by atoms with Crippen LogP contribution in [0.3, 0.4) is 0 Å². The summed E-state index contributed by atoms with van der Waals surface area (Å²) >= 11 is 1.19. The Kier molecular flexibility index (Phi) is 8.01. The van der Waals surface area contributed by atoms with E-state index in [2.05, 4.69) is 10.3 Å². The van der Waals surface area contributed by atoms with Crippen molar-refractivity contribution < 1.29 is 24.0 Å². The van der Waals surface area contributed by atoms with Gasteiger partial charge in [-0.05, 0) is 31.2 Å². The third kappa shape index (κ3) is 5.88. The third-order valence-corrected chi connectivity index (χ3v) is 5.99. The van der Waals surface area contributed by atoms with Crippen molar-refractivity contribution >= 4 is 45.8 Å². The largest absolute Gasteiger partial charge is 0.496 e. The number of thioether (sulfide) groups is 1. The van der Waals surface area contributed by atoms with Crippen molar-refractivity contribution in [3.05, 3.63) is 58.6 Å². The number of hydrogen-bond acceptors (Lipinski definition) is 8. The fraction of sp³-hybridized carbons (Fsp3) is 0.318. The molecule has 0 spiro atoms. The summed E-state index contributed by atoms with van der Waals surface area (Å²) in [5.74, 6) is -0.487. The van der Waals surface area contributed by atoms with Gasteiger partial charge in [0.1, 0.15) is 16.7 Å². The average molecular weight is 473 g/mol. The van der Waals surface area contributed by atoms with Gasteiger partial charge >= 0.3 is 0 Å². The standard InChI is InChI=1S/C22H24N4O6S/c1-14(13-31-2)25-21(28)19(33-22(25)23-15-7-5-4-6-8-15)12-20(27)24-17-10-9-16(32-3)11-18(17)26(29)30/h4-11,14,19H,12-13H2,1-3H3,(H,24,27). The average Bonchev–Trinajstić information content (AvgIpc) is 3.09. The Labute approximate surface area is 195 Å². The summed E-state index contributed by atoms with van der Waals surface area (Å²) in [6.45, 7) is 2.14. The van der Waals surface area contributed by atoms with Crippen LogP contribution in [0.25, 0.3) is 0 Å². The summed E-state index contributed by atoms with van der Waals surface area (Å²) in [5.41, 5.74) is 0.417. The second-order valence-corrected chi connectivity index (χ2v) is 8.41. The minimum atomic E-state index is -0.718. The molecule has 2 atom stereocenters. The van der Waals surface area contributed by atoms with Crippen LogP contribution in [0.15, 0.2) is 53.5 Å². The number of carbonyl (C=O) groups excluding carboxylic acids is 2. The normalized spacial score (nSPS) is 17.8. The molecule has 174 valence electrons. The van der Waals surface area contributed by atoms with Gasteiger partial charge in [-0.1, -0.05) is 30.0 Å². The highest BCUT2D eigenvalue weighted by Gasteiger charge is 2.41. The summed E-state index contributed by atoms with van der Waals surface area (Å²) in [7, 11) is 2.94. The first kappa shape index (κ1) is 24.2. The maximum Gasteiger partial charge on any atom is 0.296 e. The van der Waals surface area contributed by atoms with Crippen LogP contribution in [0.5, 0.6) is 5.75 Å². The van der Waals surface area contributed by atoms with Crippen LogP contribution in [0.1, 0.15) is 13.3 Å². The summed E-state index contributed by atoms with van der Waals surface area (Å²) < 4.78 is 10.2. The number of amides is 2. The lowest BCUT2D eigenvalue weighted by Gasteiger charge is -2.23. The number of hydrogen-bond donors (Lipinski definition) is 1. The Balaban J connectivity index is 1.79. The number of nitrogens with one attached hydrogen (secondary N) is 1. The van der Waals surface area contributed by atoms with Crippen molar-refractivity contribution in [1.82, 2.24) is 4.90 Å². The Morgan fingerprint density at radius 1 is 1.27 bits per heavy atom. The Bertz CT molecular complexity index is 1060. The molecule has 0 aromatic heterocycles. The van der Waals surface area contributed by atoms with Crippen molar-refractivity contribution in [3.63, 3.8) is 0 Å². The van der Waals surface area contributed by atoms with Gasteiger partial charge < -0.3 is 14.8 Å². The summed E-state index contributed by atoms with van der Waals surface area (Å²) in [6, 6.07) is 13.0. The second-order valence-electron chi connectivity index (χ2n) is 7.24. The van der Waals surface area contributed by atoms with E-state index in [9.17, 15) is 19.7 Å². The molecule has 0 saturated carbocycles. The van der Waals surface area contributed by atoms with Gasteiger partial charge in [-0.2, -0.15) is 0 Å². The first-order valence-corrected chi connectivity index (χ1v) is 11.0. The molecule has 2 aromatic carbocycles. The van der Waals surface area contributed by atoms with Crippen LogP contribution in [-0.2, 0) is 14.3 Å². The van der Waals surface area contributed by atoms with E-state index in [1.54, 1.807) is 7.11 Å². The molecular formula is C22H24N4O6S. The maximum atomic E-state index is 13.1. The number of rotatable bonds is 9. The molecule has 2 amide bonds. The number of benzene rings is 2. The number of amidine groups is 1. The first-order valence-electron chi connectivity index (χ1n) is 10.1. The van der Waals surface area contributed by atoms with E-state index in [-0.39, 0.29) is 29.7 Å². The number of methoxy groups -OCH3 is 2. The van der Waals surface area contributed by atoms with Gasteiger partial charge in [0.25, 0.3) is 5.69 Å². The molecule has 1 aliphatic heterocycles. The van der Waals surface area contributed by atoms with E-state index in [1.807, 2.05) is 37.3 Å². The van der Waals surface area contributed by atoms with Gasteiger partial charge in [0, 0.05) is 13.5 Å². The molecule has 1 aliphatic rings. The maximum absolute atomic E-state index is 13.1. The zero-order valence-electron chi connectivity index (χ0n) is 18.4. The van der Waals surface area contributed by atoms with E-state index in [0.29, 0.717) is 23.2 Å². The summed E-state index contributed by atoms with van der Waals surface area (Å²) in [5, 5.41) is 13.7. The van der Waals surface area contributed by atoms with Crippen LogP contribution in [0.2, 0.25) is 0 Å². The number of nitrogens with zero attached hydrogens (tertiary/aromatic N) is 3. The van der Waals surface area contributed by atoms with Gasteiger partial charge in [-0.25, -0.2) is 4.99 Å². The molecule has 10 nitrogen and oxygen atoms in total. The molecular weight excluding hydrogens is 448 g/mol. The summed E-state index contributed by atoms with van der Waals surface area (Å²) in [6.07, 6.45) is -0.170.